The lowest BCUT2D eigenvalue weighted by Gasteiger charge is -2.38. The highest BCUT2D eigenvalue weighted by molar-refractivity contribution is 9.10. The number of nitriles is 1. The topological polar surface area (TPSA) is 85.8 Å². The highest BCUT2D eigenvalue weighted by Crippen LogP contribution is 2.32. The lowest BCUT2D eigenvalue weighted by molar-refractivity contribution is -0.123. The second-order valence-corrected chi connectivity index (χ2v) is 9.28. The molecule has 0 radical (unpaired) electrons. The van der Waals surface area contributed by atoms with Gasteiger partial charge in [0.15, 0.2) is 0 Å². The molecule has 0 aliphatic heterocycles. The molecule has 1 heterocycles. The Morgan fingerprint density at radius 1 is 1.20 bits per heavy atom. The van der Waals surface area contributed by atoms with Gasteiger partial charge in [-0.25, -0.2) is 0 Å². The summed E-state index contributed by atoms with van der Waals surface area (Å²) in [6.45, 7) is 3.60. The van der Waals surface area contributed by atoms with Gasteiger partial charge in [0, 0.05) is 22.1 Å². The molecule has 3 rings (SSSR count). The minimum absolute atomic E-state index is 0.0255. The fourth-order valence-corrected chi connectivity index (χ4v) is 4.85. The molecule has 1 aromatic heterocycles. The van der Waals surface area contributed by atoms with Crippen molar-refractivity contribution < 1.29 is 4.79 Å². The van der Waals surface area contributed by atoms with Crippen LogP contribution in [0.25, 0.3) is 0 Å². The predicted molar refractivity (Wildman–Crippen MR) is 121 cm³/mol. The van der Waals surface area contributed by atoms with E-state index < -0.39 is 0 Å². The van der Waals surface area contributed by atoms with Crippen molar-refractivity contribution in [3.05, 3.63) is 67.0 Å². The van der Waals surface area contributed by atoms with E-state index in [9.17, 15) is 14.9 Å². The number of H-pyrrole nitrogens is 1. The maximum absolute atomic E-state index is 12.9. The van der Waals surface area contributed by atoms with Gasteiger partial charge in [0.1, 0.15) is 11.6 Å². The minimum Gasteiger partial charge on any atom is -0.350 e. The maximum atomic E-state index is 12.9. The van der Waals surface area contributed by atoms with Crippen molar-refractivity contribution in [3.63, 3.8) is 0 Å². The number of benzene rings is 1. The van der Waals surface area contributed by atoms with Gasteiger partial charge in [-0.1, -0.05) is 47.3 Å². The molecule has 2 aromatic rings. The number of aryl methyl sites for hydroxylation is 1. The molecule has 0 unspecified atom stereocenters. The Kier molecular flexibility index (Phi) is 7.14. The van der Waals surface area contributed by atoms with E-state index in [1.165, 1.54) is 12.0 Å². The first-order valence-corrected chi connectivity index (χ1v) is 11.3. The Labute approximate surface area is 186 Å². The van der Waals surface area contributed by atoms with Gasteiger partial charge < -0.3 is 10.3 Å². The summed E-state index contributed by atoms with van der Waals surface area (Å²) in [5.41, 5.74) is 3.08. The molecule has 158 valence electrons. The van der Waals surface area contributed by atoms with E-state index in [1.807, 2.05) is 25.1 Å². The SMILES string of the molecule is Cc1[nH]c(=O)c(C#N)c(C)c1CCC(=O)NC1(Cc2ccc(Br)cc2)CCCCC1. The minimum atomic E-state index is -0.364. The number of aromatic amines is 1. The van der Waals surface area contributed by atoms with Crippen LogP contribution in [0.5, 0.6) is 0 Å². The second kappa shape index (κ2) is 9.61. The Balaban J connectivity index is 1.72. The van der Waals surface area contributed by atoms with Crippen LogP contribution < -0.4 is 10.9 Å². The third kappa shape index (κ3) is 5.20. The number of hydrogen-bond acceptors (Lipinski definition) is 3. The first-order chi connectivity index (χ1) is 14.3. The molecule has 1 fully saturated rings. The number of rotatable bonds is 6. The summed E-state index contributed by atoms with van der Waals surface area (Å²) < 4.78 is 1.05. The Bertz CT molecular complexity index is 1010. The van der Waals surface area contributed by atoms with E-state index in [0.29, 0.717) is 18.4 Å². The summed E-state index contributed by atoms with van der Waals surface area (Å²) in [6, 6.07) is 10.3. The van der Waals surface area contributed by atoms with E-state index in [4.69, 9.17) is 0 Å². The quantitative estimate of drug-likeness (QED) is 0.646. The number of hydrogen-bond donors (Lipinski definition) is 2. The standard InChI is InChI=1S/C24H28BrN3O2/c1-16-20(17(2)27-23(30)21(16)15-26)10-11-22(29)28-24(12-4-3-5-13-24)14-18-6-8-19(25)9-7-18/h6-9H,3-5,10-14H2,1-2H3,(H,27,30)(H,28,29). The third-order valence-corrected chi connectivity index (χ3v) is 6.72. The van der Waals surface area contributed by atoms with Crippen LogP contribution >= 0.6 is 15.9 Å². The normalized spacial score (nSPS) is 15.4. The zero-order valence-electron chi connectivity index (χ0n) is 17.6. The van der Waals surface area contributed by atoms with Crippen LogP contribution in [0.3, 0.4) is 0 Å². The van der Waals surface area contributed by atoms with Gasteiger partial charge in [0.05, 0.1) is 0 Å². The van der Waals surface area contributed by atoms with Crippen molar-refractivity contribution in [2.24, 2.45) is 0 Å². The van der Waals surface area contributed by atoms with E-state index in [0.717, 1.165) is 47.8 Å². The Hall–Kier alpha value is -2.39. The first kappa shape index (κ1) is 22.3. The van der Waals surface area contributed by atoms with Crippen molar-refractivity contribution in [1.82, 2.24) is 10.3 Å². The van der Waals surface area contributed by atoms with Gasteiger partial charge in [-0.2, -0.15) is 5.26 Å². The van der Waals surface area contributed by atoms with Gasteiger partial charge in [-0.15, -0.1) is 0 Å². The average molecular weight is 470 g/mol. The largest absolute Gasteiger partial charge is 0.350 e. The van der Waals surface area contributed by atoms with Crippen LogP contribution in [0.15, 0.2) is 33.5 Å². The molecule has 1 aliphatic carbocycles. The number of nitrogens with one attached hydrogen (secondary N) is 2. The van der Waals surface area contributed by atoms with Crippen LogP contribution in [-0.2, 0) is 17.6 Å². The lowest BCUT2D eigenvalue weighted by Crippen LogP contribution is -2.51. The van der Waals surface area contributed by atoms with Gasteiger partial charge in [-0.05, 0) is 68.4 Å². The van der Waals surface area contributed by atoms with Crippen molar-refractivity contribution in [1.29, 1.82) is 5.26 Å². The van der Waals surface area contributed by atoms with E-state index in [-0.39, 0.29) is 22.6 Å². The van der Waals surface area contributed by atoms with Crippen LogP contribution in [0.1, 0.15) is 66.5 Å². The third-order valence-electron chi connectivity index (χ3n) is 6.19. The van der Waals surface area contributed by atoms with Gasteiger partial charge in [0.2, 0.25) is 5.91 Å². The molecular formula is C24H28BrN3O2. The molecule has 0 bridgehead atoms. The van der Waals surface area contributed by atoms with Crippen LogP contribution in [-0.4, -0.2) is 16.4 Å². The number of carbonyl (C=O) groups is 1. The molecule has 1 aliphatic rings. The summed E-state index contributed by atoms with van der Waals surface area (Å²) >= 11 is 3.48. The molecule has 0 atom stereocenters. The maximum Gasteiger partial charge on any atom is 0.266 e. The number of nitrogens with zero attached hydrogens (tertiary/aromatic N) is 1. The fraction of sp³-hybridized carbons (Fsp3) is 0.458. The van der Waals surface area contributed by atoms with Gasteiger partial charge in [0.25, 0.3) is 5.56 Å². The molecule has 0 saturated heterocycles. The molecule has 0 spiro atoms. The van der Waals surface area contributed by atoms with Crippen molar-refractivity contribution in [2.45, 2.75) is 70.8 Å². The highest BCUT2D eigenvalue weighted by Gasteiger charge is 2.33. The molecule has 30 heavy (non-hydrogen) atoms. The predicted octanol–water partition coefficient (Wildman–Crippen LogP) is 4.62. The number of carbonyl (C=O) groups excluding carboxylic acids is 1. The van der Waals surface area contributed by atoms with Crippen LogP contribution in [0.4, 0.5) is 0 Å². The molecular weight excluding hydrogens is 442 g/mol. The Morgan fingerprint density at radius 2 is 1.87 bits per heavy atom. The Morgan fingerprint density at radius 3 is 2.50 bits per heavy atom. The summed E-state index contributed by atoms with van der Waals surface area (Å²) in [5.74, 6) is 0.0255. The summed E-state index contributed by atoms with van der Waals surface area (Å²) in [4.78, 5) is 27.6. The number of amides is 1. The van der Waals surface area contributed by atoms with Gasteiger partial charge in [-0.3, -0.25) is 9.59 Å². The van der Waals surface area contributed by atoms with Crippen LogP contribution in [0, 0.1) is 25.2 Å². The number of halogens is 1. The monoisotopic (exact) mass is 469 g/mol. The van der Waals surface area contributed by atoms with Crippen LogP contribution in [0.2, 0.25) is 0 Å². The molecule has 5 nitrogen and oxygen atoms in total. The smallest absolute Gasteiger partial charge is 0.266 e. The van der Waals surface area contributed by atoms with Crippen molar-refractivity contribution >= 4 is 21.8 Å². The fourth-order valence-electron chi connectivity index (χ4n) is 4.58. The molecule has 1 amide bonds. The average Bonchev–Trinajstić information content (AvgIpc) is 2.70. The summed E-state index contributed by atoms with van der Waals surface area (Å²) in [6.07, 6.45) is 7.12. The summed E-state index contributed by atoms with van der Waals surface area (Å²) in [7, 11) is 0. The zero-order chi connectivity index (χ0) is 21.7. The first-order valence-electron chi connectivity index (χ1n) is 10.5. The second-order valence-electron chi connectivity index (χ2n) is 8.36. The molecule has 2 N–H and O–H groups in total. The van der Waals surface area contributed by atoms with Crippen molar-refractivity contribution in [3.8, 4) is 6.07 Å². The zero-order valence-corrected chi connectivity index (χ0v) is 19.2. The molecule has 6 heteroatoms. The van der Waals surface area contributed by atoms with Gasteiger partial charge >= 0.3 is 0 Å². The molecule has 1 aromatic carbocycles. The molecule has 1 saturated carbocycles. The highest BCUT2D eigenvalue weighted by atomic mass is 79.9. The number of pyridine rings is 1. The lowest BCUT2D eigenvalue weighted by atomic mass is 9.77. The van der Waals surface area contributed by atoms with E-state index in [1.54, 1.807) is 6.92 Å². The van der Waals surface area contributed by atoms with Crippen molar-refractivity contribution in [2.75, 3.05) is 0 Å². The summed E-state index contributed by atoms with van der Waals surface area (Å²) in [5, 5.41) is 12.6. The van der Waals surface area contributed by atoms with E-state index >= 15 is 0 Å². The van der Waals surface area contributed by atoms with E-state index in [2.05, 4.69) is 38.4 Å². The number of aromatic nitrogens is 1.